The molecular weight excluding hydrogens is 422 g/mol. The largest absolute Gasteiger partial charge is 0.504 e. The van der Waals surface area contributed by atoms with Crippen LogP contribution < -0.4 is 5.32 Å². The van der Waals surface area contributed by atoms with Gasteiger partial charge in [0.25, 0.3) is 0 Å². The van der Waals surface area contributed by atoms with Crippen LogP contribution in [0.1, 0.15) is 93.4 Å². The second-order valence-electron chi connectivity index (χ2n) is 13.4. The molecule has 0 spiro atoms. The highest BCUT2D eigenvalue weighted by atomic mass is 16.3. The predicted octanol–water partition coefficient (Wildman–Crippen LogP) is 6.29. The van der Waals surface area contributed by atoms with Gasteiger partial charge in [0.05, 0.1) is 0 Å². The Morgan fingerprint density at radius 3 is 2.35 bits per heavy atom. The second-order valence-corrected chi connectivity index (χ2v) is 13.4. The Bertz CT molecular complexity index is 1080. The van der Waals surface area contributed by atoms with E-state index in [4.69, 9.17) is 0 Å². The van der Waals surface area contributed by atoms with Gasteiger partial charge >= 0.3 is 0 Å². The third-order valence-corrected chi connectivity index (χ3v) is 11.4. The van der Waals surface area contributed by atoms with Gasteiger partial charge in [-0.05, 0) is 105 Å². The molecule has 0 aromatic rings. The molecule has 0 bridgehead atoms. The fourth-order valence-corrected chi connectivity index (χ4v) is 9.09. The van der Waals surface area contributed by atoms with Gasteiger partial charge in [-0.2, -0.15) is 0 Å². The molecule has 0 aliphatic heterocycles. The molecule has 5 rings (SSSR count). The van der Waals surface area contributed by atoms with Crippen LogP contribution in [0.15, 0.2) is 46.3 Å². The summed E-state index contributed by atoms with van der Waals surface area (Å²) in [6, 6.07) is 0. The highest BCUT2D eigenvalue weighted by Gasteiger charge is 2.66. The number of aliphatic hydroxyl groups is 2. The first-order valence-electron chi connectivity index (χ1n) is 13.3. The Kier molecular flexibility index (Phi) is 5.09. The van der Waals surface area contributed by atoms with Crippen molar-refractivity contribution in [3.05, 3.63) is 46.3 Å². The monoisotopic (exact) mass is 465 g/mol. The van der Waals surface area contributed by atoms with E-state index in [-0.39, 0.29) is 33.3 Å². The van der Waals surface area contributed by atoms with Gasteiger partial charge in [0.15, 0.2) is 5.76 Å². The number of hydrogen-bond acceptors (Lipinski definition) is 4. The van der Waals surface area contributed by atoms with Crippen LogP contribution in [0.4, 0.5) is 0 Å². The molecule has 3 N–H and O–H groups in total. The van der Waals surface area contributed by atoms with Crippen molar-refractivity contribution >= 4 is 5.78 Å². The van der Waals surface area contributed by atoms with Crippen molar-refractivity contribution in [2.45, 2.75) is 105 Å². The van der Waals surface area contributed by atoms with Crippen molar-refractivity contribution in [2.75, 3.05) is 0 Å². The number of ketones is 1. The van der Waals surface area contributed by atoms with Crippen molar-refractivity contribution < 1.29 is 15.0 Å². The van der Waals surface area contributed by atoms with E-state index in [0.29, 0.717) is 16.9 Å². The molecule has 0 saturated heterocycles. The van der Waals surface area contributed by atoms with Gasteiger partial charge in [0.2, 0.25) is 5.78 Å². The lowest BCUT2D eigenvalue weighted by molar-refractivity contribution is -0.156. The Labute approximate surface area is 205 Å². The van der Waals surface area contributed by atoms with E-state index >= 15 is 0 Å². The highest BCUT2D eigenvalue weighted by molar-refractivity contribution is 6.06. The maximum absolute atomic E-state index is 12.6. The Morgan fingerprint density at radius 2 is 1.68 bits per heavy atom. The quantitative estimate of drug-likeness (QED) is 0.419. The number of carbonyl (C=O) groups is 1. The Morgan fingerprint density at radius 1 is 1.00 bits per heavy atom. The van der Waals surface area contributed by atoms with E-state index in [0.717, 1.165) is 36.8 Å². The van der Waals surface area contributed by atoms with Gasteiger partial charge in [-0.25, -0.2) is 0 Å². The fourth-order valence-electron chi connectivity index (χ4n) is 9.09. The van der Waals surface area contributed by atoms with Crippen LogP contribution in [-0.4, -0.2) is 27.8 Å². The first-order valence-corrected chi connectivity index (χ1v) is 13.3. The molecule has 4 nitrogen and oxygen atoms in total. The molecule has 186 valence electrons. The van der Waals surface area contributed by atoms with Crippen LogP contribution in [0.5, 0.6) is 0 Å². The topological polar surface area (TPSA) is 69.6 Å². The van der Waals surface area contributed by atoms with Crippen LogP contribution >= 0.6 is 0 Å². The molecule has 0 heterocycles. The van der Waals surface area contributed by atoms with Gasteiger partial charge in [0, 0.05) is 16.5 Å². The first kappa shape index (κ1) is 24.1. The van der Waals surface area contributed by atoms with E-state index < -0.39 is 6.23 Å². The van der Waals surface area contributed by atoms with Crippen molar-refractivity contribution in [3.63, 3.8) is 0 Å². The molecule has 4 heteroatoms. The lowest BCUT2D eigenvalue weighted by Gasteiger charge is -2.70. The summed E-state index contributed by atoms with van der Waals surface area (Å²) in [5.41, 5.74) is 4.59. The number of fused-ring (bicyclic) bond motifs is 7. The van der Waals surface area contributed by atoms with E-state index in [1.165, 1.54) is 24.8 Å². The Balaban J connectivity index is 1.61. The number of aliphatic hydroxyl groups excluding tert-OH is 2. The first-order chi connectivity index (χ1) is 15.7. The van der Waals surface area contributed by atoms with E-state index in [9.17, 15) is 15.0 Å². The zero-order valence-corrected chi connectivity index (χ0v) is 22.1. The van der Waals surface area contributed by atoms with Crippen LogP contribution in [0, 0.1) is 27.6 Å². The summed E-state index contributed by atoms with van der Waals surface area (Å²) in [6.45, 7) is 15.9. The number of nitrogens with one attached hydrogen (secondary N) is 1. The number of rotatable bonds is 2. The molecule has 7 atom stereocenters. The average molecular weight is 466 g/mol. The lowest BCUT2D eigenvalue weighted by atomic mass is 9.35. The molecule has 5 aliphatic rings. The maximum Gasteiger partial charge on any atom is 0.220 e. The van der Waals surface area contributed by atoms with Gasteiger partial charge in [-0.1, -0.05) is 45.4 Å². The molecule has 3 saturated carbocycles. The molecular formula is C30H43NO3. The number of allylic oxidation sites excluding steroid dienone is 7. The van der Waals surface area contributed by atoms with Crippen molar-refractivity contribution in [1.82, 2.24) is 5.32 Å². The summed E-state index contributed by atoms with van der Waals surface area (Å²) in [5.74, 6) is 0.198. The lowest BCUT2D eigenvalue weighted by Crippen LogP contribution is -2.64. The molecule has 1 unspecified atom stereocenters. The van der Waals surface area contributed by atoms with E-state index in [1.807, 2.05) is 13.8 Å². The molecule has 0 radical (unpaired) electrons. The number of carbonyl (C=O) groups excluding carboxylic acids is 1. The highest BCUT2D eigenvalue weighted by Crippen LogP contribution is 2.75. The zero-order valence-electron chi connectivity index (χ0n) is 22.1. The normalized spacial score (nSPS) is 46.9. The minimum atomic E-state index is -0.500. The summed E-state index contributed by atoms with van der Waals surface area (Å²) in [5, 5.41) is 24.0. The van der Waals surface area contributed by atoms with Crippen molar-refractivity contribution in [3.8, 4) is 0 Å². The third-order valence-electron chi connectivity index (χ3n) is 11.4. The molecule has 0 aromatic heterocycles. The fraction of sp³-hybridized carbons (Fsp3) is 0.700. The molecule has 34 heavy (non-hydrogen) atoms. The summed E-state index contributed by atoms with van der Waals surface area (Å²) in [4.78, 5) is 12.6. The minimum Gasteiger partial charge on any atom is -0.504 e. The van der Waals surface area contributed by atoms with Gasteiger partial charge in [-0.3, -0.25) is 10.1 Å². The third kappa shape index (κ3) is 3.00. The second kappa shape index (κ2) is 7.20. The van der Waals surface area contributed by atoms with Crippen LogP contribution in [0.25, 0.3) is 0 Å². The standard InChI is InChI=1S/C30H43NO3/c1-18-20-8-9-23-28(5,21(20)16-22(33)25(18)34)13-15-30(7)24-17-27(4,31-19(2)32)12-10-26(24,3)11-14-29(23,30)6/h8-9,16,19,24,31-32,34H,10-15,17H2,1-7H3/t19?,24-,26-,27-,28+,29-,30+/m1/s1. The Hall–Kier alpha value is -1.65. The molecule has 5 aliphatic carbocycles. The number of hydrogen-bond donors (Lipinski definition) is 3. The van der Waals surface area contributed by atoms with Crippen LogP contribution in [-0.2, 0) is 4.79 Å². The van der Waals surface area contributed by atoms with E-state index in [2.05, 4.69) is 52.1 Å². The summed E-state index contributed by atoms with van der Waals surface area (Å²) in [7, 11) is 0. The predicted molar refractivity (Wildman–Crippen MR) is 136 cm³/mol. The van der Waals surface area contributed by atoms with Gasteiger partial charge in [0.1, 0.15) is 6.23 Å². The summed E-state index contributed by atoms with van der Waals surface area (Å²) in [6.07, 6.45) is 13.6. The van der Waals surface area contributed by atoms with Gasteiger partial charge in [-0.15, -0.1) is 0 Å². The van der Waals surface area contributed by atoms with Gasteiger partial charge < -0.3 is 10.2 Å². The summed E-state index contributed by atoms with van der Waals surface area (Å²) < 4.78 is 0. The van der Waals surface area contributed by atoms with E-state index in [1.54, 1.807) is 6.08 Å². The molecule has 3 fully saturated rings. The van der Waals surface area contributed by atoms with Crippen LogP contribution in [0.2, 0.25) is 0 Å². The molecule has 0 aromatic carbocycles. The SMILES string of the molecule is CC1=C(O)C(=O)C=C2C1=CC=C1[C@@]2(C)CC[C@@]2(C)[C@@H]3C[C@](C)(NC(C)O)CC[C@]3(C)CC[C@]12C. The smallest absolute Gasteiger partial charge is 0.220 e. The van der Waals surface area contributed by atoms with Crippen LogP contribution in [0.3, 0.4) is 0 Å². The average Bonchev–Trinajstić information content (AvgIpc) is 2.75. The summed E-state index contributed by atoms with van der Waals surface area (Å²) >= 11 is 0. The van der Waals surface area contributed by atoms with Crippen molar-refractivity contribution in [2.24, 2.45) is 27.6 Å². The zero-order chi connectivity index (χ0) is 24.9. The maximum atomic E-state index is 12.6. The molecule has 0 amide bonds. The minimum absolute atomic E-state index is 0.0380. The van der Waals surface area contributed by atoms with Crippen molar-refractivity contribution in [1.29, 1.82) is 0 Å².